The van der Waals surface area contributed by atoms with E-state index >= 15 is 0 Å². The third-order valence-electron chi connectivity index (χ3n) is 5.27. The van der Waals surface area contributed by atoms with E-state index < -0.39 is 0 Å². The molecule has 0 saturated carbocycles. The Balaban J connectivity index is 1.55. The molecular formula is C18H26FNO2. The Morgan fingerprint density at radius 1 is 1.36 bits per heavy atom. The molecule has 0 bridgehead atoms. The van der Waals surface area contributed by atoms with Gasteiger partial charge in [0, 0.05) is 40.0 Å². The van der Waals surface area contributed by atoms with Crippen LogP contribution < -0.4 is 0 Å². The van der Waals surface area contributed by atoms with E-state index in [-0.39, 0.29) is 11.4 Å². The van der Waals surface area contributed by atoms with Gasteiger partial charge in [0.1, 0.15) is 5.82 Å². The molecule has 0 aliphatic carbocycles. The fourth-order valence-corrected chi connectivity index (χ4v) is 3.99. The molecule has 0 unspecified atom stereocenters. The lowest BCUT2D eigenvalue weighted by Crippen LogP contribution is -2.47. The summed E-state index contributed by atoms with van der Waals surface area (Å²) in [4.78, 5) is 2.41. The highest BCUT2D eigenvalue weighted by Crippen LogP contribution is 2.42. The number of hydrogen-bond donors (Lipinski definition) is 0. The van der Waals surface area contributed by atoms with E-state index in [1.807, 2.05) is 6.07 Å². The quantitative estimate of drug-likeness (QED) is 0.833. The predicted octanol–water partition coefficient (Wildman–Crippen LogP) is 3.23. The Bertz CT molecular complexity index is 486. The van der Waals surface area contributed by atoms with Crippen molar-refractivity contribution in [2.45, 2.75) is 37.8 Å². The third-order valence-corrected chi connectivity index (χ3v) is 5.27. The van der Waals surface area contributed by atoms with Gasteiger partial charge in [-0.1, -0.05) is 12.1 Å². The van der Waals surface area contributed by atoms with Crippen LogP contribution in [0.25, 0.3) is 0 Å². The molecule has 2 saturated heterocycles. The number of halogens is 1. The molecule has 22 heavy (non-hydrogen) atoms. The van der Waals surface area contributed by atoms with Crippen LogP contribution in [-0.2, 0) is 16.0 Å². The topological polar surface area (TPSA) is 21.7 Å². The van der Waals surface area contributed by atoms with E-state index in [9.17, 15) is 4.39 Å². The highest BCUT2D eigenvalue weighted by Gasteiger charge is 2.45. The van der Waals surface area contributed by atoms with E-state index in [1.54, 1.807) is 19.2 Å². The first-order valence-corrected chi connectivity index (χ1v) is 8.31. The summed E-state index contributed by atoms with van der Waals surface area (Å²) in [6, 6.07) is 6.93. The van der Waals surface area contributed by atoms with Crippen LogP contribution >= 0.6 is 0 Å². The van der Waals surface area contributed by atoms with Gasteiger partial charge in [0.2, 0.25) is 0 Å². The number of benzene rings is 1. The van der Waals surface area contributed by atoms with E-state index in [4.69, 9.17) is 9.47 Å². The molecule has 0 N–H and O–H groups in total. The predicted molar refractivity (Wildman–Crippen MR) is 84.2 cm³/mol. The Morgan fingerprint density at radius 2 is 2.18 bits per heavy atom. The monoisotopic (exact) mass is 307 g/mol. The van der Waals surface area contributed by atoms with Gasteiger partial charge in [-0.3, -0.25) is 4.90 Å². The molecule has 3 rings (SSSR count). The summed E-state index contributed by atoms with van der Waals surface area (Å²) >= 11 is 0. The van der Waals surface area contributed by atoms with Gasteiger partial charge in [-0.25, -0.2) is 4.39 Å². The average Bonchev–Trinajstić information content (AvgIpc) is 2.90. The van der Waals surface area contributed by atoms with Gasteiger partial charge in [0.15, 0.2) is 0 Å². The minimum absolute atomic E-state index is 0.0664. The van der Waals surface area contributed by atoms with Crippen molar-refractivity contribution in [2.75, 3.05) is 33.4 Å². The minimum atomic E-state index is -0.148. The molecule has 0 amide bonds. The summed E-state index contributed by atoms with van der Waals surface area (Å²) in [6.45, 7) is 4.59. The Kier molecular flexibility index (Phi) is 5.11. The molecule has 122 valence electrons. The van der Waals surface area contributed by atoms with Crippen LogP contribution in [0.2, 0.25) is 0 Å². The maximum atomic E-state index is 13.3. The molecule has 2 heterocycles. The van der Waals surface area contributed by atoms with Crippen LogP contribution in [0.1, 0.15) is 31.2 Å². The summed E-state index contributed by atoms with van der Waals surface area (Å²) in [6.07, 6.45) is 4.42. The summed E-state index contributed by atoms with van der Waals surface area (Å²) in [7, 11) is 1.77. The van der Waals surface area contributed by atoms with Crippen LogP contribution in [0.4, 0.5) is 4.39 Å². The lowest BCUT2D eigenvalue weighted by atomic mass is 9.78. The van der Waals surface area contributed by atoms with Crippen LogP contribution in [0, 0.1) is 11.7 Å². The smallest absolute Gasteiger partial charge is 0.123 e. The maximum Gasteiger partial charge on any atom is 0.123 e. The second-order valence-electron chi connectivity index (χ2n) is 6.59. The number of rotatable bonds is 5. The van der Waals surface area contributed by atoms with Crippen molar-refractivity contribution in [2.24, 2.45) is 5.92 Å². The van der Waals surface area contributed by atoms with Crippen molar-refractivity contribution in [1.29, 1.82) is 0 Å². The van der Waals surface area contributed by atoms with Gasteiger partial charge in [-0.2, -0.15) is 0 Å². The van der Waals surface area contributed by atoms with E-state index in [0.717, 1.165) is 64.1 Å². The normalized spacial score (nSPS) is 24.9. The standard InChI is InChI=1S/C18H26FNO2/c1-21-11-5-16-6-12-22-18(16)7-9-20(10-8-18)14-15-3-2-4-17(19)13-15/h2-4,13,16H,5-12,14H2,1H3/t16-/m1/s1. The van der Waals surface area contributed by atoms with Crippen molar-refractivity contribution in [3.8, 4) is 0 Å². The van der Waals surface area contributed by atoms with E-state index in [0.29, 0.717) is 5.92 Å². The molecule has 1 spiro atoms. The Hall–Kier alpha value is -0.970. The maximum absolute atomic E-state index is 13.3. The van der Waals surface area contributed by atoms with Gasteiger partial charge >= 0.3 is 0 Å². The first-order valence-electron chi connectivity index (χ1n) is 8.31. The molecule has 1 aromatic carbocycles. The molecular weight excluding hydrogens is 281 g/mol. The third kappa shape index (κ3) is 3.50. The van der Waals surface area contributed by atoms with E-state index in [2.05, 4.69) is 4.90 Å². The van der Waals surface area contributed by atoms with Gasteiger partial charge in [-0.15, -0.1) is 0 Å². The average molecular weight is 307 g/mol. The van der Waals surface area contributed by atoms with Crippen LogP contribution in [0.3, 0.4) is 0 Å². The highest BCUT2D eigenvalue weighted by molar-refractivity contribution is 5.16. The fraction of sp³-hybridized carbons (Fsp3) is 0.667. The lowest BCUT2D eigenvalue weighted by molar-refractivity contribution is -0.0721. The molecule has 1 atom stereocenters. The van der Waals surface area contributed by atoms with Crippen LogP contribution in [-0.4, -0.2) is 43.9 Å². The zero-order valence-electron chi connectivity index (χ0n) is 13.4. The van der Waals surface area contributed by atoms with Gasteiger partial charge < -0.3 is 9.47 Å². The number of hydrogen-bond acceptors (Lipinski definition) is 3. The Labute approximate surface area is 132 Å². The molecule has 1 aromatic rings. The highest BCUT2D eigenvalue weighted by atomic mass is 19.1. The molecule has 2 aliphatic heterocycles. The number of methoxy groups -OCH3 is 1. The van der Waals surface area contributed by atoms with Crippen molar-refractivity contribution >= 4 is 0 Å². The van der Waals surface area contributed by atoms with Crippen molar-refractivity contribution in [1.82, 2.24) is 4.90 Å². The molecule has 4 heteroatoms. The minimum Gasteiger partial charge on any atom is -0.385 e. The fourth-order valence-electron chi connectivity index (χ4n) is 3.99. The second kappa shape index (κ2) is 7.07. The van der Waals surface area contributed by atoms with E-state index in [1.165, 1.54) is 6.07 Å². The van der Waals surface area contributed by atoms with Crippen molar-refractivity contribution in [3.63, 3.8) is 0 Å². The number of likely N-dealkylation sites (tertiary alicyclic amines) is 1. The molecule has 0 radical (unpaired) electrons. The van der Waals surface area contributed by atoms with Crippen molar-refractivity contribution < 1.29 is 13.9 Å². The van der Waals surface area contributed by atoms with Gasteiger partial charge in [0.05, 0.1) is 5.60 Å². The summed E-state index contributed by atoms with van der Waals surface area (Å²) in [5, 5.41) is 0. The second-order valence-corrected chi connectivity index (χ2v) is 6.59. The lowest BCUT2D eigenvalue weighted by Gasteiger charge is -2.42. The zero-order valence-corrected chi connectivity index (χ0v) is 13.4. The zero-order chi connectivity index (χ0) is 15.4. The SMILES string of the molecule is COCC[C@@H]1CCOC12CCN(Cc1cccc(F)c1)CC2. The van der Waals surface area contributed by atoms with Crippen molar-refractivity contribution in [3.05, 3.63) is 35.6 Å². The van der Waals surface area contributed by atoms with Crippen LogP contribution in [0.15, 0.2) is 24.3 Å². The Morgan fingerprint density at radius 3 is 2.91 bits per heavy atom. The molecule has 3 nitrogen and oxygen atoms in total. The number of ether oxygens (including phenoxy) is 2. The van der Waals surface area contributed by atoms with Gasteiger partial charge in [-0.05, 0) is 49.3 Å². The van der Waals surface area contributed by atoms with Gasteiger partial charge in [0.25, 0.3) is 0 Å². The first kappa shape index (κ1) is 15.9. The molecule has 0 aromatic heterocycles. The first-order chi connectivity index (χ1) is 10.7. The van der Waals surface area contributed by atoms with Crippen LogP contribution in [0.5, 0.6) is 0 Å². The number of nitrogens with zero attached hydrogens (tertiary/aromatic N) is 1. The summed E-state index contributed by atoms with van der Waals surface area (Å²) in [5.74, 6) is 0.480. The molecule has 2 aliphatic rings. The summed E-state index contributed by atoms with van der Waals surface area (Å²) < 4.78 is 24.7. The number of piperidine rings is 1. The summed E-state index contributed by atoms with van der Waals surface area (Å²) in [5.41, 5.74) is 1.12. The largest absolute Gasteiger partial charge is 0.385 e. The molecule has 2 fully saturated rings.